The van der Waals surface area contributed by atoms with E-state index in [1.165, 1.54) is 0 Å². The van der Waals surface area contributed by atoms with Crippen LogP contribution < -0.4 is 14.2 Å². The number of hydrogen-bond donors (Lipinski definition) is 1. The minimum absolute atomic E-state index is 0.0902. The predicted octanol–water partition coefficient (Wildman–Crippen LogP) is 4.36. The zero-order valence-corrected chi connectivity index (χ0v) is 18.4. The van der Waals surface area contributed by atoms with E-state index >= 15 is 0 Å². The van der Waals surface area contributed by atoms with E-state index in [9.17, 15) is 9.90 Å². The van der Waals surface area contributed by atoms with E-state index in [0.29, 0.717) is 43.2 Å². The number of likely N-dealkylation sites (tertiary alicyclic amines) is 1. The average Bonchev–Trinajstić information content (AvgIpc) is 2.75. The molecule has 0 radical (unpaired) electrons. The first-order valence-electron chi connectivity index (χ1n) is 9.50. The molecule has 0 bridgehead atoms. The van der Waals surface area contributed by atoms with Gasteiger partial charge in [-0.25, -0.2) is 0 Å². The van der Waals surface area contributed by atoms with Gasteiger partial charge in [0.1, 0.15) is 5.75 Å². The molecule has 1 atom stereocenters. The van der Waals surface area contributed by atoms with E-state index < -0.39 is 5.97 Å². The smallest absolute Gasteiger partial charge is 0.306 e. The van der Waals surface area contributed by atoms with Crippen molar-refractivity contribution in [1.82, 2.24) is 4.90 Å². The Bertz CT molecular complexity index is 847. The number of nitrogens with zero attached hydrogens (tertiary/aromatic N) is 1. The number of carboxylic acids is 1. The van der Waals surface area contributed by atoms with E-state index in [1.54, 1.807) is 21.3 Å². The number of methoxy groups -OCH3 is 3. The van der Waals surface area contributed by atoms with Crippen LogP contribution in [0.15, 0.2) is 40.9 Å². The van der Waals surface area contributed by atoms with Crippen LogP contribution in [0.4, 0.5) is 0 Å². The maximum atomic E-state index is 11.4. The monoisotopic (exact) mass is 463 g/mol. The van der Waals surface area contributed by atoms with Crippen LogP contribution in [0.5, 0.6) is 17.2 Å². The van der Waals surface area contributed by atoms with E-state index in [2.05, 4.69) is 33.0 Å². The van der Waals surface area contributed by atoms with Crippen molar-refractivity contribution >= 4 is 21.9 Å². The van der Waals surface area contributed by atoms with Crippen LogP contribution in [0.2, 0.25) is 0 Å². The van der Waals surface area contributed by atoms with E-state index in [-0.39, 0.29) is 12.0 Å². The fraction of sp³-hybridized carbons (Fsp3) is 0.409. The van der Waals surface area contributed by atoms with Crippen LogP contribution in [0, 0.1) is 5.92 Å². The molecule has 1 heterocycles. The van der Waals surface area contributed by atoms with Crippen molar-refractivity contribution in [3.63, 3.8) is 0 Å². The summed E-state index contributed by atoms with van der Waals surface area (Å²) in [4.78, 5) is 13.7. The molecule has 0 aliphatic carbocycles. The number of carboxylic acid groups (broad SMARTS) is 1. The zero-order chi connectivity index (χ0) is 21.0. The molecule has 0 saturated carbocycles. The Morgan fingerprint density at radius 2 is 1.55 bits per heavy atom. The van der Waals surface area contributed by atoms with Crippen LogP contribution in [-0.2, 0) is 4.79 Å². The van der Waals surface area contributed by atoms with Gasteiger partial charge in [-0.05, 0) is 49.7 Å². The van der Waals surface area contributed by atoms with Gasteiger partial charge in [0.2, 0.25) is 0 Å². The standard InChI is InChI=1S/C22H26BrNO5/c1-27-18-13-20(29-3)19(28-2)12-17(18)21(14-4-6-16(23)7-5-14)24-10-8-15(9-11-24)22(25)26/h4-7,12-13,15,21H,8-11H2,1-3H3,(H,25,26). The van der Waals surface area contributed by atoms with Crippen LogP contribution >= 0.6 is 15.9 Å². The highest BCUT2D eigenvalue weighted by atomic mass is 79.9. The molecule has 1 unspecified atom stereocenters. The maximum Gasteiger partial charge on any atom is 0.306 e. The highest BCUT2D eigenvalue weighted by Crippen LogP contribution is 2.42. The van der Waals surface area contributed by atoms with Gasteiger partial charge in [0.25, 0.3) is 0 Å². The van der Waals surface area contributed by atoms with Gasteiger partial charge < -0.3 is 19.3 Å². The van der Waals surface area contributed by atoms with Crippen LogP contribution in [-0.4, -0.2) is 50.4 Å². The van der Waals surface area contributed by atoms with Crippen LogP contribution in [0.25, 0.3) is 0 Å². The normalized spacial score (nSPS) is 16.3. The Hall–Kier alpha value is -2.25. The van der Waals surface area contributed by atoms with E-state index in [0.717, 1.165) is 15.6 Å². The second-order valence-corrected chi connectivity index (χ2v) is 7.97. The molecule has 7 heteroatoms. The fourth-order valence-electron chi connectivity index (χ4n) is 3.90. The molecule has 0 spiro atoms. The number of carbonyl (C=O) groups is 1. The molecule has 0 aromatic heterocycles. The van der Waals surface area contributed by atoms with Gasteiger partial charge in [-0.3, -0.25) is 9.69 Å². The topological polar surface area (TPSA) is 68.2 Å². The lowest BCUT2D eigenvalue weighted by molar-refractivity contribution is -0.143. The van der Waals surface area contributed by atoms with Gasteiger partial charge in [0, 0.05) is 16.1 Å². The number of rotatable bonds is 7. The van der Waals surface area contributed by atoms with Gasteiger partial charge in [-0.15, -0.1) is 0 Å². The number of aliphatic carboxylic acids is 1. The third-order valence-electron chi connectivity index (χ3n) is 5.46. The number of piperidine rings is 1. The SMILES string of the molecule is COc1cc(OC)c(C(c2ccc(Br)cc2)N2CCC(C(=O)O)CC2)cc1OC. The van der Waals surface area contributed by atoms with Crippen molar-refractivity contribution in [3.05, 3.63) is 52.0 Å². The number of hydrogen-bond acceptors (Lipinski definition) is 5. The minimum Gasteiger partial charge on any atom is -0.496 e. The van der Waals surface area contributed by atoms with Crippen molar-refractivity contribution in [2.24, 2.45) is 5.92 Å². The molecule has 1 saturated heterocycles. The largest absolute Gasteiger partial charge is 0.496 e. The third-order valence-corrected chi connectivity index (χ3v) is 5.99. The summed E-state index contributed by atoms with van der Waals surface area (Å²) in [6.07, 6.45) is 1.25. The summed E-state index contributed by atoms with van der Waals surface area (Å²) in [7, 11) is 4.85. The van der Waals surface area contributed by atoms with Crippen molar-refractivity contribution in [2.45, 2.75) is 18.9 Å². The molecule has 1 aliphatic heterocycles. The Labute approximate surface area is 179 Å². The number of ether oxygens (including phenoxy) is 3. The number of halogens is 1. The molecule has 2 aromatic rings. The van der Waals surface area contributed by atoms with E-state index in [4.69, 9.17) is 14.2 Å². The first-order valence-corrected chi connectivity index (χ1v) is 10.3. The molecular weight excluding hydrogens is 438 g/mol. The summed E-state index contributed by atoms with van der Waals surface area (Å²) in [6.45, 7) is 1.38. The fourth-order valence-corrected chi connectivity index (χ4v) is 4.17. The molecule has 1 fully saturated rings. The Morgan fingerprint density at radius 3 is 2.07 bits per heavy atom. The Kier molecular flexibility index (Phi) is 7.03. The summed E-state index contributed by atoms with van der Waals surface area (Å²) in [5, 5.41) is 9.36. The molecule has 6 nitrogen and oxygen atoms in total. The maximum absolute atomic E-state index is 11.4. The molecular formula is C22H26BrNO5. The summed E-state index contributed by atoms with van der Waals surface area (Å²) in [5.41, 5.74) is 2.06. The van der Waals surface area contributed by atoms with Gasteiger partial charge in [0.05, 0.1) is 33.3 Å². The van der Waals surface area contributed by atoms with Gasteiger partial charge in [0.15, 0.2) is 11.5 Å². The molecule has 156 valence electrons. The van der Waals surface area contributed by atoms with Crippen molar-refractivity contribution in [2.75, 3.05) is 34.4 Å². The highest BCUT2D eigenvalue weighted by molar-refractivity contribution is 9.10. The molecule has 29 heavy (non-hydrogen) atoms. The zero-order valence-electron chi connectivity index (χ0n) is 16.9. The van der Waals surface area contributed by atoms with Gasteiger partial charge in [-0.2, -0.15) is 0 Å². The summed E-state index contributed by atoms with van der Waals surface area (Å²) < 4.78 is 17.7. The second kappa shape index (κ2) is 9.50. The Balaban J connectivity index is 2.06. The van der Waals surface area contributed by atoms with Crippen LogP contribution in [0.3, 0.4) is 0 Å². The summed E-state index contributed by atoms with van der Waals surface area (Å²) in [6, 6.07) is 11.9. The first-order chi connectivity index (χ1) is 14.0. The van der Waals surface area contributed by atoms with Crippen molar-refractivity contribution in [1.29, 1.82) is 0 Å². The molecule has 0 amide bonds. The second-order valence-electron chi connectivity index (χ2n) is 7.05. The Morgan fingerprint density at radius 1 is 1.00 bits per heavy atom. The lowest BCUT2D eigenvalue weighted by atomic mass is 9.90. The van der Waals surface area contributed by atoms with Crippen molar-refractivity contribution < 1.29 is 24.1 Å². The number of benzene rings is 2. The lowest BCUT2D eigenvalue weighted by Gasteiger charge is -2.37. The summed E-state index contributed by atoms with van der Waals surface area (Å²) in [5.74, 6) is 0.937. The van der Waals surface area contributed by atoms with Crippen LogP contribution in [0.1, 0.15) is 30.0 Å². The first kappa shape index (κ1) is 21.5. The lowest BCUT2D eigenvalue weighted by Crippen LogP contribution is -2.39. The molecule has 3 rings (SSSR count). The molecule has 2 aromatic carbocycles. The summed E-state index contributed by atoms with van der Waals surface area (Å²) >= 11 is 3.50. The molecule has 1 N–H and O–H groups in total. The van der Waals surface area contributed by atoms with Gasteiger partial charge >= 0.3 is 5.97 Å². The van der Waals surface area contributed by atoms with Crippen molar-refractivity contribution in [3.8, 4) is 17.2 Å². The quantitative estimate of drug-likeness (QED) is 0.657. The van der Waals surface area contributed by atoms with E-state index in [1.807, 2.05) is 24.3 Å². The van der Waals surface area contributed by atoms with Gasteiger partial charge in [-0.1, -0.05) is 28.1 Å². The third kappa shape index (κ3) is 4.67. The minimum atomic E-state index is -0.714. The predicted molar refractivity (Wildman–Crippen MR) is 114 cm³/mol. The molecule has 1 aliphatic rings. The average molecular weight is 464 g/mol. The highest BCUT2D eigenvalue weighted by Gasteiger charge is 2.32.